The summed E-state index contributed by atoms with van der Waals surface area (Å²) < 4.78 is 0. The predicted molar refractivity (Wildman–Crippen MR) is 128 cm³/mol. The maximum atomic E-state index is 12.5. The second-order valence-corrected chi connectivity index (χ2v) is 7.23. The molecular formula is C26H19N5O2. The SMILES string of the molecule is N#Cc1ccccc1-c1ccc(-c2ccnc(-c3cccc(N)c3C=NO)c2C(N)=O)cc1. The second kappa shape index (κ2) is 9.04. The average molecular weight is 433 g/mol. The van der Waals surface area contributed by atoms with Crippen LogP contribution in [0.5, 0.6) is 0 Å². The summed E-state index contributed by atoms with van der Waals surface area (Å²) in [5.41, 5.74) is 17.3. The van der Waals surface area contributed by atoms with Crippen LogP contribution >= 0.6 is 0 Å². The van der Waals surface area contributed by atoms with E-state index in [0.717, 1.165) is 16.7 Å². The van der Waals surface area contributed by atoms with Crippen LogP contribution in [0, 0.1) is 11.3 Å². The highest BCUT2D eigenvalue weighted by Crippen LogP contribution is 2.34. The summed E-state index contributed by atoms with van der Waals surface area (Å²) >= 11 is 0. The Hall–Kier alpha value is -4.96. The van der Waals surface area contributed by atoms with Gasteiger partial charge in [-0.05, 0) is 40.5 Å². The van der Waals surface area contributed by atoms with Crippen LogP contribution < -0.4 is 11.5 Å². The number of hydrogen-bond acceptors (Lipinski definition) is 6. The summed E-state index contributed by atoms with van der Waals surface area (Å²) in [5, 5.41) is 21.5. The Labute approximate surface area is 190 Å². The number of primary amides is 1. The minimum Gasteiger partial charge on any atom is -0.411 e. The molecular weight excluding hydrogens is 414 g/mol. The van der Waals surface area contributed by atoms with Gasteiger partial charge in [-0.2, -0.15) is 5.26 Å². The summed E-state index contributed by atoms with van der Waals surface area (Å²) in [6.45, 7) is 0. The van der Waals surface area contributed by atoms with E-state index >= 15 is 0 Å². The molecule has 0 aliphatic rings. The van der Waals surface area contributed by atoms with Gasteiger partial charge in [0.15, 0.2) is 0 Å². The minimum absolute atomic E-state index is 0.223. The number of rotatable bonds is 5. The van der Waals surface area contributed by atoms with E-state index in [2.05, 4.69) is 16.2 Å². The Bertz CT molecular complexity index is 1420. The predicted octanol–water partition coefficient (Wildman–Crippen LogP) is 4.44. The number of carbonyl (C=O) groups is 1. The zero-order valence-electron chi connectivity index (χ0n) is 17.4. The monoisotopic (exact) mass is 433 g/mol. The first kappa shape index (κ1) is 21.3. The maximum absolute atomic E-state index is 12.5. The van der Waals surface area contributed by atoms with Crippen molar-refractivity contribution in [3.05, 3.63) is 95.7 Å². The fourth-order valence-corrected chi connectivity index (χ4v) is 3.81. The van der Waals surface area contributed by atoms with Crippen LogP contribution in [0.3, 0.4) is 0 Å². The van der Waals surface area contributed by atoms with Gasteiger partial charge >= 0.3 is 0 Å². The zero-order chi connectivity index (χ0) is 23.4. The third-order valence-corrected chi connectivity index (χ3v) is 5.33. The lowest BCUT2D eigenvalue weighted by Crippen LogP contribution is -2.15. The highest BCUT2D eigenvalue weighted by molar-refractivity contribution is 6.07. The molecule has 0 unspecified atom stereocenters. The van der Waals surface area contributed by atoms with Gasteiger partial charge in [-0.3, -0.25) is 9.78 Å². The molecule has 5 N–H and O–H groups in total. The van der Waals surface area contributed by atoms with Gasteiger partial charge in [0.05, 0.1) is 29.1 Å². The van der Waals surface area contributed by atoms with Gasteiger partial charge < -0.3 is 16.7 Å². The molecule has 3 aromatic carbocycles. The summed E-state index contributed by atoms with van der Waals surface area (Å²) in [6, 6.07) is 23.9. The molecule has 4 rings (SSSR count). The van der Waals surface area contributed by atoms with Crippen LogP contribution in [0.4, 0.5) is 5.69 Å². The molecule has 0 radical (unpaired) electrons. The van der Waals surface area contributed by atoms with Crippen LogP contribution in [-0.4, -0.2) is 22.3 Å². The number of amides is 1. The molecule has 0 atom stereocenters. The van der Waals surface area contributed by atoms with Crippen LogP contribution in [0.1, 0.15) is 21.5 Å². The molecule has 0 saturated heterocycles. The molecule has 0 spiro atoms. The summed E-state index contributed by atoms with van der Waals surface area (Å²) in [5.74, 6) is -0.652. The van der Waals surface area contributed by atoms with E-state index in [1.165, 1.54) is 6.21 Å². The summed E-state index contributed by atoms with van der Waals surface area (Å²) in [6.07, 6.45) is 2.78. The lowest BCUT2D eigenvalue weighted by atomic mass is 9.92. The van der Waals surface area contributed by atoms with Gasteiger partial charge in [-0.15, -0.1) is 0 Å². The number of nitrogens with two attached hydrogens (primary N) is 2. The highest BCUT2D eigenvalue weighted by atomic mass is 16.4. The van der Waals surface area contributed by atoms with E-state index in [-0.39, 0.29) is 5.56 Å². The van der Waals surface area contributed by atoms with E-state index in [9.17, 15) is 10.1 Å². The van der Waals surface area contributed by atoms with Crippen molar-refractivity contribution in [1.29, 1.82) is 5.26 Å². The van der Waals surface area contributed by atoms with Crippen molar-refractivity contribution >= 4 is 17.8 Å². The molecule has 0 aliphatic carbocycles. The number of nitrogens with zero attached hydrogens (tertiary/aromatic N) is 3. The second-order valence-electron chi connectivity index (χ2n) is 7.23. The van der Waals surface area contributed by atoms with E-state index in [0.29, 0.717) is 33.6 Å². The molecule has 0 saturated carbocycles. The number of hydrogen-bond donors (Lipinski definition) is 3. The van der Waals surface area contributed by atoms with Gasteiger partial charge in [-0.25, -0.2) is 0 Å². The Morgan fingerprint density at radius 2 is 1.61 bits per heavy atom. The third-order valence-electron chi connectivity index (χ3n) is 5.33. The zero-order valence-corrected chi connectivity index (χ0v) is 17.4. The molecule has 7 heteroatoms. The van der Waals surface area contributed by atoms with E-state index < -0.39 is 5.91 Å². The first-order valence-electron chi connectivity index (χ1n) is 10.00. The molecule has 160 valence electrons. The Kier molecular flexibility index (Phi) is 5.83. The smallest absolute Gasteiger partial charge is 0.251 e. The number of carbonyl (C=O) groups excluding carboxylic acids is 1. The average Bonchev–Trinajstić information content (AvgIpc) is 2.85. The molecule has 4 aromatic rings. The topological polar surface area (TPSA) is 138 Å². The van der Waals surface area contributed by atoms with Crippen molar-refractivity contribution in [2.75, 3.05) is 5.73 Å². The molecule has 0 aliphatic heterocycles. The van der Waals surface area contributed by atoms with Gasteiger partial charge in [0.2, 0.25) is 0 Å². The lowest BCUT2D eigenvalue weighted by molar-refractivity contribution is 0.100. The van der Waals surface area contributed by atoms with Gasteiger partial charge in [0.25, 0.3) is 5.91 Å². The first-order valence-corrected chi connectivity index (χ1v) is 10.00. The molecule has 1 amide bonds. The first-order chi connectivity index (χ1) is 16.0. The number of oxime groups is 1. The van der Waals surface area contributed by atoms with Crippen molar-refractivity contribution in [3.8, 4) is 39.6 Å². The molecule has 1 aromatic heterocycles. The molecule has 1 heterocycles. The molecule has 0 bridgehead atoms. The normalized spacial score (nSPS) is 10.8. The largest absolute Gasteiger partial charge is 0.411 e. The summed E-state index contributed by atoms with van der Waals surface area (Å²) in [4.78, 5) is 16.9. The number of aromatic nitrogens is 1. The van der Waals surface area contributed by atoms with Gasteiger partial charge in [-0.1, -0.05) is 59.8 Å². The van der Waals surface area contributed by atoms with Crippen molar-refractivity contribution in [3.63, 3.8) is 0 Å². The molecule has 7 nitrogen and oxygen atoms in total. The minimum atomic E-state index is -0.652. The standard InChI is InChI=1S/C26H19N5O2/c27-14-18-4-1-2-5-19(18)16-8-10-17(11-9-16)20-12-13-30-25(24(20)26(29)32)21-6-3-7-23(28)22(21)15-31-33/h1-13,15,33H,28H2,(H2,29,32). The van der Waals surface area contributed by atoms with Crippen LogP contribution in [-0.2, 0) is 0 Å². The van der Waals surface area contributed by atoms with Gasteiger partial charge in [0, 0.05) is 23.0 Å². The van der Waals surface area contributed by atoms with Crippen LogP contribution in [0.25, 0.3) is 33.5 Å². The Balaban J connectivity index is 1.87. The lowest BCUT2D eigenvalue weighted by Gasteiger charge is -2.15. The fraction of sp³-hybridized carbons (Fsp3) is 0. The number of pyridine rings is 1. The van der Waals surface area contributed by atoms with E-state index in [1.807, 2.05) is 42.5 Å². The molecule has 0 fully saturated rings. The number of anilines is 1. The highest BCUT2D eigenvalue weighted by Gasteiger charge is 2.20. The van der Waals surface area contributed by atoms with Crippen molar-refractivity contribution in [1.82, 2.24) is 4.98 Å². The van der Waals surface area contributed by atoms with E-state index in [4.69, 9.17) is 16.7 Å². The third kappa shape index (κ3) is 4.01. The fourth-order valence-electron chi connectivity index (χ4n) is 3.81. The Morgan fingerprint density at radius 1 is 0.939 bits per heavy atom. The van der Waals surface area contributed by atoms with Crippen molar-refractivity contribution < 1.29 is 10.0 Å². The Morgan fingerprint density at radius 3 is 2.27 bits per heavy atom. The number of nitrogen functional groups attached to an aromatic ring is 1. The van der Waals surface area contributed by atoms with Crippen molar-refractivity contribution in [2.45, 2.75) is 0 Å². The van der Waals surface area contributed by atoms with Crippen LogP contribution in [0.15, 0.2) is 84.1 Å². The van der Waals surface area contributed by atoms with Crippen LogP contribution in [0.2, 0.25) is 0 Å². The van der Waals surface area contributed by atoms with E-state index in [1.54, 1.807) is 36.5 Å². The quantitative estimate of drug-likeness (QED) is 0.185. The molecule has 33 heavy (non-hydrogen) atoms. The van der Waals surface area contributed by atoms with Crippen molar-refractivity contribution in [2.24, 2.45) is 10.9 Å². The maximum Gasteiger partial charge on any atom is 0.251 e. The number of nitriles is 1. The number of benzene rings is 3. The summed E-state index contributed by atoms with van der Waals surface area (Å²) in [7, 11) is 0. The van der Waals surface area contributed by atoms with Gasteiger partial charge in [0.1, 0.15) is 0 Å².